The van der Waals surface area contributed by atoms with Crippen molar-refractivity contribution in [3.63, 3.8) is 0 Å². The van der Waals surface area contributed by atoms with Crippen LogP contribution in [-0.4, -0.2) is 22.3 Å². The maximum atomic E-state index is 10.4. The van der Waals surface area contributed by atoms with Crippen molar-refractivity contribution in [3.8, 4) is 0 Å². The lowest BCUT2D eigenvalue weighted by Gasteiger charge is -1.96. The predicted molar refractivity (Wildman–Crippen MR) is 36.2 cm³/mol. The van der Waals surface area contributed by atoms with E-state index in [1.165, 1.54) is 0 Å². The summed E-state index contributed by atoms with van der Waals surface area (Å²) in [6.07, 6.45) is 0. The third kappa shape index (κ3) is 3.04. The molecular formula is C4H3Cl3O2. The quantitative estimate of drug-likeness (QED) is 0.379. The Morgan fingerprint density at radius 1 is 1.44 bits per heavy atom. The molecule has 0 N–H and O–H groups in total. The number of Topliss-reactive ketones (excluding diaryl/α,β-unsaturated/α-hetero) is 1. The van der Waals surface area contributed by atoms with Gasteiger partial charge in [-0.2, -0.15) is 0 Å². The maximum absolute atomic E-state index is 10.4. The number of carbonyl (C=O) groups is 2. The van der Waals surface area contributed by atoms with Gasteiger partial charge < -0.3 is 0 Å². The molecule has 52 valence electrons. The van der Waals surface area contributed by atoms with E-state index >= 15 is 0 Å². The molecule has 0 aliphatic carbocycles. The SMILES string of the molecule is O=C(Cl)C(Cl)C(=O)CCl. The molecule has 1 unspecified atom stereocenters. The van der Waals surface area contributed by atoms with E-state index in [0.29, 0.717) is 0 Å². The van der Waals surface area contributed by atoms with E-state index in [-0.39, 0.29) is 5.88 Å². The number of ketones is 1. The largest absolute Gasteiger partial charge is 0.296 e. The van der Waals surface area contributed by atoms with Crippen LogP contribution in [0.4, 0.5) is 0 Å². The lowest BCUT2D eigenvalue weighted by Crippen LogP contribution is -2.21. The molecule has 0 aromatic heterocycles. The monoisotopic (exact) mass is 188 g/mol. The average Bonchev–Trinajstić information content (AvgIpc) is 1.84. The molecule has 0 saturated heterocycles. The molecule has 9 heavy (non-hydrogen) atoms. The van der Waals surface area contributed by atoms with Gasteiger partial charge in [0, 0.05) is 0 Å². The fourth-order valence-corrected chi connectivity index (χ4v) is 0.626. The van der Waals surface area contributed by atoms with E-state index in [0.717, 1.165) is 0 Å². The molecule has 0 rings (SSSR count). The number of hydrogen-bond acceptors (Lipinski definition) is 2. The Balaban J connectivity index is 3.88. The van der Waals surface area contributed by atoms with Gasteiger partial charge in [-0.05, 0) is 11.6 Å². The molecule has 0 aromatic carbocycles. The highest BCUT2D eigenvalue weighted by atomic mass is 35.5. The van der Waals surface area contributed by atoms with E-state index in [1.807, 2.05) is 0 Å². The number of rotatable bonds is 3. The van der Waals surface area contributed by atoms with Crippen LogP contribution in [-0.2, 0) is 9.59 Å². The maximum Gasteiger partial charge on any atom is 0.247 e. The number of carbonyl (C=O) groups excluding carboxylic acids is 2. The minimum Gasteiger partial charge on any atom is -0.296 e. The first-order valence-electron chi connectivity index (χ1n) is 2.01. The van der Waals surface area contributed by atoms with Gasteiger partial charge in [-0.1, -0.05) is 0 Å². The number of halogens is 3. The van der Waals surface area contributed by atoms with Crippen molar-refractivity contribution in [2.75, 3.05) is 5.88 Å². The Morgan fingerprint density at radius 3 is 2.00 bits per heavy atom. The van der Waals surface area contributed by atoms with Crippen molar-refractivity contribution in [1.29, 1.82) is 0 Å². The number of hydrogen-bond donors (Lipinski definition) is 0. The molecule has 5 heteroatoms. The molecule has 0 fully saturated rings. The molecule has 0 saturated carbocycles. The van der Waals surface area contributed by atoms with Crippen molar-refractivity contribution in [1.82, 2.24) is 0 Å². The van der Waals surface area contributed by atoms with Crippen LogP contribution < -0.4 is 0 Å². The first-order valence-corrected chi connectivity index (χ1v) is 3.36. The van der Waals surface area contributed by atoms with Crippen LogP contribution in [0.2, 0.25) is 0 Å². The Morgan fingerprint density at radius 2 is 1.89 bits per heavy atom. The smallest absolute Gasteiger partial charge is 0.247 e. The van der Waals surface area contributed by atoms with E-state index < -0.39 is 16.4 Å². The molecule has 0 aliphatic rings. The summed E-state index contributed by atoms with van der Waals surface area (Å²) in [5.74, 6) is -0.856. The van der Waals surface area contributed by atoms with Crippen molar-refractivity contribution in [3.05, 3.63) is 0 Å². The minimum absolute atomic E-state index is 0.285. The van der Waals surface area contributed by atoms with Crippen LogP contribution in [0.15, 0.2) is 0 Å². The van der Waals surface area contributed by atoms with Crippen LogP contribution in [0.5, 0.6) is 0 Å². The Hall–Kier alpha value is 0.210. The second kappa shape index (κ2) is 4.09. The normalized spacial score (nSPS) is 12.8. The van der Waals surface area contributed by atoms with Crippen LogP contribution in [0, 0.1) is 0 Å². The molecule has 0 heterocycles. The second-order valence-corrected chi connectivity index (χ2v) is 2.34. The molecule has 0 aliphatic heterocycles. The highest BCUT2D eigenvalue weighted by Gasteiger charge is 2.20. The van der Waals surface area contributed by atoms with Gasteiger partial charge in [0.2, 0.25) is 5.24 Å². The van der Waals surface area contributed by atoms with E-state index in [9.17, 15) is 9.59 Å². The lowest BCUT2D eigenvalue weighted by molar-refractivity contribution is -0.121. The van der Waals surface area contributed by atoms with Gasteiger partial charge >= 0.3 is 0 Å². The van der Waals surface area contributed by atoms with Gasteiger partial charge in [0.25, 0.3) is 0 Å². The lowest BCUT2D eigenvalue weighted by atomic mass is 10.3. The second-order valence-electron chi connectivity index (χ2n) is 1.27. The van der Waals surface area contributed by atoms with E-state index in [2.05, 4.69) is 0 Å². The zero-order valence-electron chi connectivity index (χ0n) is 4.23. The number of alkyl halides is 2. The van der Waals surface area contributed by atoms with Crippen molar-refractivity contribution >= 4 is 45.8 Å². The van der Waals surface area contributed by atoms with Crippen LogP contribution in [0.1, 0.15) is 0 Å². The molecule has 2 nitrogen and oxygen atoms in total. The van der Waals surface area contributed by atoms with Crippen molar-refractivity contribution < 1.29 is 9.59 Å². The summed E-state index contributed by atoms with van der Waals surface area (Å²) >= 11 is 15.0. The zero-order chi connectivity index (χ0) is 7.44. The molecular weight excluding hydrogens is 186 g/mol. The van der Waals surface area contributed by atoms with Crippen LogP contribution >= 0.6 is 34.8 Å². The summed E-state index contributed by atoms with van der Waals surface area (Å²) < 4.78 is 0. The topological polar surface area (TPSA) is 34.1 Å². The van der Waals surface area contributed by atoms with Crippen LogP contribution in [0.25, 0.3) is 0 Å². The Labute approximate surface area is 67.1 Å². The fraction of sp³-hybridized carbons (Fsp3) is 0.500. The summed E-state index contributed by atoms with van der Waals surface area (Å²) in [6.45, 7) is 0. The van der Waals surface area contributed by atoms with Gasteiger partial charge in [0.1, 0.15) is 0 Å². The summed E-state index contributed by atoms with van der Waals surface area (Å²) in [5.41, 5.74) is 0. The van der Waals surface area contributed by atoms with E-state index in [1.54, 1.807) is 0 Å². The molecule has 0 amide bonds. The zero-order valence-corrected chi connectivity index (χ0v) is 6.50. The molecule has 0 aromatic rings. The van der Waals surface area contributed by atoms with Gasteiger partial charge in [0.05, 0.1) is 5.88 Å². The van der Waals surface area contributed by atoms with Gasteiger partial charge in [-0.15, -0.1) is 23.2 Å². The minimum atomic E-state index is -1.29. The molecule has 1 atom stereocenters. The summed E-state index contributed by atoms with van der Waals surface area (Å²) in [4.78, 5) is 20.5. The standard InChI is InChI=1S/C4H3Cl3O2/c5-1-2(8)3(6)4(7)9/h3H,1H2. The van der Waals surface area contributed by atoms with Crippen molar-refractivity contribution in [2.24, 2.45) is 0 Å². The van der Waals surface area contributed by atoms with Gasteiger partial charge in [-0.25, -0.2) is 0 Å². The summed E-state index contributed by atoms with van der Waals surface area (Å²) in [7, 11) is 0. The average molecular weight is 189 g/mol. The first kappa shape index (κ1) is 9.21. The Kier molecular flexibility index (Phi) is 4.19. The third-order valence-corrected chi connectivity index (χ3v) is 1.65. The summed E-state index contributed by atoms with van der Waals surface area (Å²) in [6, 6.07) is 0. The third-order valence-electron chi connectivity index (χ3n) is 0.614. The molecule has 0 radical (unpaired) electrons. The van der Waals surface area contributed by atoms with Gasteiger partial charge in [0.15, 0.2) is 11.2 Å². The van der Waals surface area contributed by atoms with E-state index in [4.69, 9.17) is 34.8 Å². The highest BCUT2D eigenvalue weighted by molar-refractivity contribution is 6.72. The Bertz CT molecular complexity index is 134. The fourth-order valence-electron chi connectivity index (χ4n) is 0.194. The van der Waals surface area contributed by atoms with Gasteiger partial charge in [-0.3, -0.25) is 9.59 Å². The predicted octanol–water partition coefficient (Wildman–Crippen LogP) is 1.17. The first-order chi connectivity index (χ1) is 4.09. The van der Waals surface area contributed by atoms with Crippen molar-refractivity contribution in [2.45, 2.75) is 5.38 Å². The molecule has 0 spiro atoms. The highest BCUT2D eigenvalue weighted by Crippen LogP contribution is 2.03. The molecule has 0 bridgehead atoms. The van der Waals surface area contributed by atoms with Crippen LogP contribution in [0.3, 0.4) is 0 Å². The summed E-state index contributed by atoms with van der Waals surface area (Å²) in [5, 5.41) is -2.17.